The number of piperidine rings is 1. The van der Waals surface area contributed by atoms with Crippen LogP contribution in [0.5, 0.6) is 0 Å². The van der Waals surface area contributed by atoms with Crippen LogP contribution in [0, 0.1) is 6.92 Å². The molecular formula is C17H29N3OS. The Morgan fingerprint density at radius 2 is 2.14 bits per heavy atom. The summed E-state index contributed by atoms with van der Waals surface area (Å²) in [5.74, 6) is 0. The number of rotatable bonds is 5. The summed E-state index contributed by atoms with van der Waals surface area (Å²) in [5, 5.41) is 3.42. The fraction of sp³-hybridized carbons (Fsp3) is 0.824. The van der Waals surface area contributed by atoms with Crippen molar-refractivity contribution in [1.82, 2.24) is 14.8 Å². The highest BCUT2D eigenvalue weighted by Crippen LogP contribution is 2.40. The first-order valence-corrected chi connectivity index (χ1v) is 9.45. The van der Waals surface area contributed by atoms with E-state index in [1.165, 1.54) is 43.8 Å². The van der Waals surface area contributed by atoms with Gasteiger partial charge in [-0.2, -0.15) is 0 Å². The van der Waals surface area contributed by atoms with Gasteiger partial charge < -0.3 is 4.74 Å². The molecule has 1 aromatic rings. The maximum atomic E-state index is 5.67. The Hall–Kier alpha value is -0.490. The third-order valence-electron chi connectivity index (χ3n) is 5.57. The SMILES string of the molecule is CCOCC1CCC2(CCN(Cc3nc(C)cs3)CC2)N1C. The monoisotopic (exact) mass is 323 g/mol. The lowest BCUT2D eigenvalue weighted by atomic mass is 9.85. The van der Waals surface area contributed by atoms with Crippen molar-refractivity contribution in [2.75, 3.05) is 33.4 Å². The highest BCUT2D eigenvalue weighted by molar-refractivity contribution is 7.09. The van der Waals surface area contributed by atoms with Gasteiger partial charge in [0.15, 0.2) is 0 Å². The molecule has 0 saturated carbocycles. The van der Waals surface area contributed by atoms with Crippen molar-refractivity contribution in [3.05, 3.63) is 16.1 Å². The maximum absolute atomic E-state index is 5.67. The van der Waals surface area contributed by atoms with Gasteiger partial charge in [0, 0.05) is 42.4 Å². The topological polar surface area (TPSA) is 28.6 Å². The first-order chi connectivity index (χ1) is 10.6. The highest BCUT2D eigenvalue weighted by Gasteiger charge is 2.45. The minimum Gasteiger partial charge on any atom is -0.380 e. The van der Waals surface area contributed by atoms with E-state index in [0.29, 0.717) is 11.6 Å². The number of thiazole rings is 1. The lowest BCUT2D eigenvalue weighted by Gasteiger charge is -2.45. The molecule has 1 aromatic heterocycles. The molecule has 3 heterocycles. The van der Waals surface area contributed by atoms with E-state index < -0.39 is 0 Å². The number of aromatic nitrogens is 1. The van der Waals surface area contributed by atoms with E-state index in [9.17, 15) is 0 Å². The zero-order valence-electron chi connectivity index (χ0n) is 14.2. The molecule has 4 nitrogen and oxygen atoms in total. The fourth-order valence-corrected chi connectivity index (χ4v) is 4.85. The van der Waals surface area contributed by atoms with Crippen LogP contribution in [0.15, 0.2) is 5.38 Å². The van der Waals surface area contributed by atoms with Gasteiger partial charge >= 0.3 is 0 Å². The molecule has 0 aromatic carbocycles. The van der Waals surface area contributed by atoms with Gasteiger partial charge in [0.2, 0.25) is 0 Å². The Kier molecular flexibility index (Phi) is 5.17. The summed E-state index contributed by atoms with van der Waals surface area (Å²) < 4.78 is 5.67. The highest BCUT2D eigenvalue weighted by atomic mass is 32.1. The Balaban J connectivity index is 1.52. The van der Waals surface area contributed by atoms with Gasteiger partial charge in [-0.25, -0.2) is 4.98 Å². The largest absolute Gasteiger partial charge is 0.380 e. The van der Waals surface area contributed by atoms with Crippen molar-refractivity contribution in [3.8, 4) is 0 Å². The van der Waals surface area contributed by atoms with E-state index in [2.05, 4.69) is 41.1 Å². The molecular weight excluding hydrogens is 294 g/mol. The summed E-state index contributed by atoms with van der Waals surface area (Å²) in [6, 6.07) is 0.619. The van der Waals surface area contributed by atoms with Crippen LogP contribution < -0.4 is 0 Å². The second kappa shape index (κ2) is 6.95. The van der Waals surface area contributed by atoms with Crippen LogP contribution in [-0.2, 0) is 11.3 Å². The molecule has 1 atom stereocenters. The summed E-state index contributed by atoms with van der Waals surface area (Å²) in [7, 11) is 2.32. The predicted molar refractivity (Wildman–Crippen MR) is 91.4 cm³/mol. The standard InChI is InChI=1S/C17H29N3OS/c1-4-21-12-15-5-6-17(19(15)3)7-9-20(10-8-17)11-16-18-14(2)13-22-16/h13,15H,4-12H2,1-3H3. The summed E-state index contributed by atoms with van der Waals surface area (Å²) in [6.07, 6.45) is 5.21. The zero-order chi connectivity index (χ0) is 15.6. The molecule has 0 radical (unpaired) electrons. The molecule has 3 rings (SSSR count). The summed E-state index contributed by atoms with van der Waals surface area (Å²) in [6.45, 7) is 9.32. The molecule has 0 amide bonds. The summed E-state index contributed by atoms with van der Waals surface area (Å²) in [5.41, 5.74) is 1.58. The second-order valence-electron chi connectivity index (χ2n) is 6.85. The molecule has 2 aliphatic rings. The summed E-state index contributed by atoms with van der Waals surface area (Å²) in [4.78, 5) is 9.81. The predicted octanol–water partition coefficient (Wildman–Crippen LogP) is 2.92. The normalized spacial score (nSPS) is 26.0. The molecule has 2 fully saturated rings. The van der Waals surface area contributed by atoms with Gasteiger partial charge in [-0.15, -0.1) is 11.3 Å². The van der Waals surface area contributed by atoms with Crippen LogP contribution in [0.4, 0.5) is 0 Å². The number of hydrogen-bond donors (Lipinski definition) is 0. The maximum Gasteiger partial charge on any atom is 0.107 e. The molecule has 124 valence electrons. The lowest BCUT2D eigenvalue weighted by molar-refractivity contribution is 0.0205. The van der Waals surface area contributed by atoms with Crippen LogP contribution in [0.2, 0.25) is 0 Å². The van der Waals surface area contributed by atoms with Crippen LogP contribution in [0.25, 0.3) is 0 Å². The second-order valence-corrected chi connectivity index (χ2v) is 7.79. The molecule has 0 aliphatic carbocycles. The molecule has 2 saturated heterocycles. The summed E-state index contributed by atoms with van der Waals surface area (Å²) >= 11 is 1.80. The molecule has 22 heavy (non-hydrogen) atoms. The third-order valence-corrected chi connectivity index (χ3v) is 6.52. The molecule has 2 aliphatic heterocycles. The van der Waals surface area contributed by atoms with E-state index in [1.54, 1.807) is 11.3 Å². The molecule has 0 N–H and O–H groups in total. The molecule has 1 spiro atoms. The van der Waals surface area contributed by atoms with Gasteiger partial charge in [0.05, 0.1) is 13.2 Å². The molecule has 0 bridgehead atoms. The van der Waals surface area contributed by atoms with Crippen molar-refractivity contribution in [2.45, 2.75) is 57.7 Å². The Labute approximate surface area is 138 Å². The van der Waals surface area contributed by atoms with Crippen LogP contribution >= 0.6 is 11.3 Å². The number of nitrogens with zero attached hydrogens (tertiary/aromatic N) is 3. The molecule has 1 unspecified atom stereocenters. The van der Waals surface area contributed by atoms with Crippen molar-refractivity contribution in [3.63, 3.8) is 0 Å². The van der Waals surface area contributed by atoms with Crippen molar-refractivity contribution >= 4 is 11.3 Å². The van der Waals surface area contributed by atoms with E-state index >= 15 is 0 Å². The quantitative estimate of drug-likeness (QED) is 0.833. The van der Waals surface area contributed by atoms with Crippen molar-refractivity contribution in [2.24, 2.45) is 0 Å². The average molecular weight is 324 g/mol. The average Bonchev–Trinajstić information content (AvgIpc) is 3.05. The smallest absolute Gasteiger partial charge is 0.107 e. The number of hydrogen-bond acceptors (Lipinski definition) is 5. The molecule has 5 heteroatoms. The Bertz CT molecular complexity index is 482. The van der Waals surface area contributed by atoms with E-state index in [-0.39, 0.29) is 0 Å². The number of likely N-dealkylation sites (tertiary alicyclic amines) is 2. The number of ether oxygens (including phenoxy) is 1. The Morgan fingerprint density at radius 3 is 2.77 bits per heavy atom. The van der Waals surface area contributed by atoms with Gasteiger partial charge in [0.25, 0.3) is 0 Å². The van der Waals surface area contributed by atoms with E-state index in [4.69, 9.17) is 4.74 Å². The zero-order valence-corrected chi connectivity index (χ0v) is 15.0. The van der Waals surface area contributed by atoms with Gasteiger partial charge in [-0.3, -0.25) is 9.80 Å². The van der Waals surface area contributed by atoms with Crippen LogP contribution in [0.1, 0.15) is 43.3 Å². The first kappa shape index (κ1) is 16.4. The first-order valence-electron chi connectivity index (χ1n) is 8.57. The Morgan fingerprint density at radius 1 is 1.36 bits per heavy atom. The van der Waals surface area contributed by atoms with E-state index in [0.717, 1.165) is 25.5 Å². The number of aryl methyl sites for hydroxylation is 1. The minimum atomic E-state index is 0.428. The van der Waals surface area contributed by atoms with Gasteiger partial charge in [-0.05, 0) is 46.6 Å². The van der Waals surface area contributed by atoms with E-state index in [1.807, 2.05) is 0 Å². The van der Waals surface area contributed by atoms with Crippen molar-refractivity contribution < 1.29 is 4.74 Å². The van der Waals surface area contributed by atoms with Crippen LogP contribution in [-0.4, -0.2) is 59.7 Å². The van der Waals surface area contributed by atoms with Gasteiger partial charge in [-0.1, -0.05) is 0 Å². The van der Waals surface area contributed by atoms with Crippen molar-refractivity contribution in [1.29, 1.82) is 0 Å². The lowest BCUT2D eigenvalue weighted by Crippen LogP contribution is -2.52. The van der Waals surface area contributed by atoms with Crippen LogP contribution in [0.3, 0.4) is 0 Å². The van der Waals surface area contributed by atoms with Gasteiger partial charge in [0.1, 0.15) is 5.01 Å². The minimum absolute atomic E-state index is 0.428. The number of likely N-dealkylation sites (N-methyl/N-ethyl adjacent to an activating group) is 1. The third kappa shape index (κ3) is 3.37. The fourth-order valence-electron chi connectivity index (χ4n) is 4.04.